The SMILES string of the molecule is CC1(C)CCc2cc(CN3CCC4(CC3)CN(c3ccccc3)C(=O)O4)ccc2O1. The summed E-state index contributed by atoms with van der Waals surface area (Å²) in [5, 5.41) is 0. The molecule has 0 saturated carbocycles. The summed E-state index contributed by atoms with van der Waals surface area (Å²) in [6, 6.07) is 16.5. The molecule has 0 aromatic heterocycles. The molecule has 1 spiro atoms. The van der Waals surface area contributed by atoms with Gasteiger partial charge in [0, 0.05) is 38.2 Å². The van der Waals surface area contributed by atoms with Crippen molar-refractivity contribution in [1.82, 2.24) is 4.90 Å². The molecule has 0 unspecified atom stereocenters. The van der Waals surface area contributed by atoms with Crippen LogP contribution in [-0.4, -0.2) is 41.8 Å². The summed E-state index contributed by atoms with van der Waals surface area (Å²) >= 11 is 0. The summed E-state index contributed by atoms with van der Waals surface area (Å²) < 4.78 is 12.0. The van der Waals surface area contributed by atoms with Crippen molar-refractivity contribution in [1.29, 1.82) is 0 Å². The number of carbonyl (C=O) groups excluding carboxylic acids is 1. The van der Waals surface area contributed by atoms with Crippen LogP contribution in [0, 0.1) is 0 Å². The number of piperidine rings is 1. The minimum Gasteiger partial charge on any atom is -0.488 e. The lowest BCUT2D eigenvalue weighted by molar-refractivity contribution is -0.000983. The first-order valence-electron chi connectivity index (χ1n) is 11.0. The van der Waals surface area contributed by atoms with Crippen molar-refractivity contribution in [3.8, 4) is 5.75 Å². The number of hydrogen-bond acceptors (Lipinski definition) is 4. The van der Waals surface area contributed by atoms with Crippen LogP contribution in [-0.2, 0) is 17.7 Å². The number of hydrogen-bond donors (Lipinski definition) is 0. The monoisotopic (exact) mass is 406 g/mol. The average molecular weight is 407 g/mol. The van der Waals surface area contributed by atoms with Crippen LogP contribution in [0.4, 0.5) is 10.5 Å². The first-order valence-corrected chi connectivity index (χ1v) is 11.0. The highest BCUT2D eigenvalue weighted by molar-refractivity contribution is 5.90. The van der Waals surface area contributed by atoms with Gasteiger partial charge in [0.2, 0.25) is 0 Å². The molecule has 0 N–H and O–H groups in total. The highest BCUT2D eigenvalue weighted by Crippen LogP contribution is 2.37. The van der Waals surface area contributed by atoms with Gasteiger partial charge in [0.05, 0.1) is 6.54 Å². The van der Waals surface area contributed by atoms with E-state index in [2.05, 4.69) is 36.9 Å². The Hall–Kier alpha value is -2.53. The van der Waals surface area contributed by atoms with Crippen LogP contribution >= 0.6 is 0 Å². The van der Waals surface area contributed by atoms with Crippen LogP contribution in [0.3, 0.4) is 0 Å². The minimum atomic E-state index is -0.349. The Morgan fingerprint density at radius 3 is 2.50 bits per heavy atom. The number of carbonyl (C=O) groups is 1. The van der Waals surface area contributed by atoms with Gasteiger partial charge in [-0.25, -0.2) is 4.79 Å². The zero-order valence-corrected chi connectivity index (χ0v) is 17.9. The molecular weight excluding hydrogens is 376 g/mol. The van der Waals surface area contributed by atoms with Crippen molar-refractivity contribution >= 4 is 11.8 Å². The first kappa shape index (κ1) is 19.4. The van der Waals surface area contributed by atoms with E-state index in [4.69, 9.17) is 9.47 Å². The summed E-state index contributed by atoms with van der Waals surface area (Å²) in [4.78, 5) is 16.7. The maximum absolute atomic E-state index is 12.5. The summed E-state index contributed by atoms with van der Waals surface area (Å²) in [6.07, 6.45) is 3.67. The third kappa shape index (κ3) is 3.79. The van der Waals surface area contributed by atoms with Crippen molar-refractivity contribution in [2.75, 3.05) is 24.5 Å². The summed E-state index contributed by atoms with van der Waals surface area (Å²) in [5.41, 5.74) is 3.16. The van der Waals surface area contributed by atoms with E-state index in [-0.39, 0.29) is 17.3 Å². The Morgan fingerprint density at radius 2 is 1.73 bits per heavy atom. The lowest BCUT2D eigenvalue weighted by Gasteiger charge is -2.37. The van der Waals surface area contributed by atoms with Crippen LogP contribution in [0.15, 0.2) is 48.5 Å². The van der Waals surface area contributed by atoms with E-state index < -0.39 is 0 Å². The number of fused-ring (bicyclic) bond motifs is 1. The zero-order chi connectivity index (χ0) is 20.8. The predicted molar refractivity (Wildman–Crippen MR) is 117 cm³/mol. The fourth-order valence-electron chi connectivity index (χ4n) is 4.88. The van der Waals surface area contributed by atoms with Gasteiger partial charge in [-0.05, 0) is 56.0 Å². The number of likely N-dealkylation sites (tertiary alicyclic amines) is 1. The topological polar surface area (TPSA) is 42.0 Å². The van der Waals surface area contributed by atoms with Crippen molar-refractivity contribution in [3.63, 3.8) is 0 Å². The molecule has 1 amide bonds. The Kier molecular flexibility index (Phi) is 4.73. The number of aryl methyl sites for hydroxylation is 1. The number of anilines is 1. The molecule has 2 saturated heterocycles. The Bertz CT molecular complexity index is 933. The van der Waals surface area contributed by atoms with Gasteiger partial charge in [0.25, 0.3) is 0 Å². The van der Waals surface area contributed by atoms with Crippen LogP contribution < -0.4 is 9.64 Å². The quantitative estimate of drug-likeness (QED) is 0.736. The normalized spacial score (nSPS) is 22.5. The average Bonchev–Trinajstić information content (AvgIpc) is 3.06. The van der Waals surface area contributed by atoms with Crippen molar-refractivity contribution in [2.45, 2.75) is 57.3 Å². The van der Waals surface area contributed by atoms with E-state index in [1.165, 1.54) is 11.1 Å². The molecule has 30 heavy (non-hydrogen) atoms. The van der Waals surface area contributed by atoms with Crippen molar-refractivity contribution in [3.05, 3.63) is 59.7 Å². The third-order valence-electron chi connectivity index (χ3n) is 6.72. The maximum Gasteiger partial charge on any atom is 0.415 e. The van der Waals surface area contributed by atoms with Crippen molar-refractivity contribution < 1.29 is 14.3 Å². The van der Waals surface area contributed by atoms with Gasteiger partial charge < -0.3 is 9.47 Å². The lowest BCUT2D eigenvalue weighted by atomic mass is 9.90. The van der Waals surface area contributed by atoms with E-state index in [0.717, 1.165) is 56.8 Å². The molecule has 5 heteroatoms. The standard InChI is InChI=1S/C25H30N2O3/c1-24(2)11-10-20-16-19(8-9-22(20)29-24)17-26-14-12-25(13-15-26)18-27(23(28)30-25)21-6-4-3-5-7-21/h3-9,16H,10-15,17-18H2,1-2H3. The molecule has 3 aliphatic rings. The Balaban J connectivity index is 1.20. The number of amides is 1. The Labute approximate surface area is 178 Å². The highest BCUT2D eigenvalue weighted by atomic mass is 16.6. The van der Waals surface area contributed by atoms with Crippen molar-refractivity contribution in [2.24, 2.45) is 0 Å². The van der Waals surface area contributed by atoms with Gasteiger partial charge in [-0.15, -0.1) is 0 Å². The second kappa shape index (κ2) is 7.31. The first-order chi connectivity index (χ1) is 14.4. The van der Waals surface area contributed by atoms with E-state index in [9.17, 15) is 4.79 Å². The van der Waals surface area contributed by atoms with Gasteiger partial charge >= 0.3 is 6.09 Å². The molecule has 0 bridgehead atoms. The number of rotatable bonds is 3. The van der Waals surface area contributed by atoms with Gasteiger partial charge in [0.15, 0.2) is 0 Å². The molecule has 0 radical (unpaired) electrons. The number of para-hydroxylation sites is 1. The predicted octanol–water partition coefficient (Wildman–Crippen LogP) is 4.78. The molecule has 3 aliphatic heterocycles. The summed E-state index contributed by atoms with van der Waals surface area (Å²) in [5.74, 6) is 1.03. The second-order valence-electron chi connectivity index (χ2n) is 9.55. The second-order valence-corrected chi connectivity index (χ2v) is 9.55. The van der Waals surface area contributed by atoms with Gasteiger partial charge in [-0.3, -0.25) is 9.80 Å². The molecule has 5 rings (SSSR count). The fourth-order valence-corrected chi connectivity index (χ4v) is 4.88. The molecule has 158 valence electrons. The smallest absolute Gasteiger partial charge is 0.415 e. The van der Waals surface area contributed by atoms with E-state index in [1.807, 2.05) is 30.3 Å². The van der Waals surface area contributed by atoms with Gasteiger partial charge in [-0.2, -0.15) is 0 Å². The molecule has 3 heterocycles. The van der Waals surface area contributed by atoms with Crippen LogP contribution in [0.1, 0.15) is 44.2 Å². The molecule has 2 aromatic carbocycles. The van der Waals surface area contributed by atoms with E-state index in [0.29, 0.717) is 6.54 Å². The van der Waals surface area contributed by atoms with E-state index in [1.54, 1.807) is 4.90 Å². The van der Waals surface area contributed by atoms with Crippen LogP contribution in [0.2, 0.25) is 0 Å². The third-order valence-corrected chi connectivity index (χ3v) is 6.72. The summed E-state index contributed by atoms with van der Waals surface area (Å²) in [6.45, 7) is 7.77. The Morgan fingerprint density at radius 1 is 0.967 bits per heavy atom. The lowest BCUT2D eigenvalue weighted by Crippen LogP contribution is -2.46. The number of nitrogens with zero attached hydrogens (tertiary/aromatic N) is 2. The molecule has 2 aromatic rings. The number of benzene rings is 2. The highest BCUT2D eigenvalue weighted by Gasteiger charge is 2.47. The van der Waals surface area contributed by atoms with Gasteiger partial charge in [-0.1, -0.05) is 30.3 Å². The summed E-state index contributed by atoms with van der Waals surface area (Å²) in [7, 11) is 0. The molecule has 0 aliphatic carbocycles. The minimum absolute atomic E-state index is 0.0674. The van der Waals surface area contributed by atoms with Crippen LogP contribution in [0.5, 0.6) is 5.75 Å². The number of ether oxygens (including phenoxy) is 2. The molecular formula is C25H30N2O3. The van der Waals surface area contributed by atoms with Gasteiger partial charge in [0.1, 0.15) is 17.0 Å². The fraction of sp³-hybridized carbons (Fsp3) is 0.480. The van der Waals surface area contributed by atoms with E-state index >= 15 is 0 Å². The molecule has 0 atom stereocenters. The largest absolute Gasteiger partial charge is 0.488 e. The molecule has 2 fully saturated rings. The molecule has 5 nitrogen and oxygen atoms in total. The maximum atomic E-state index is 12.5. The zero-order valence-electron chi connectivity index (χ0n) is 17.9. The van der Waals surface area contributed by atoms with Crippen LogP contribution in [0.25, 0.3) is 0 Å².